The quantitative estimate of drug-likeness (QED) is 0.375. The number of anilines is 2. The van der Waals surface area contributed by atoms with Crippen LogP contribution < -0.4 is 15.4 Å². The van der Waals surface area contributed by atoms with Gasteiger partial charge in [0.15, 0.2) is 11.6 Å². The van der Waals surface area contributed by atoms with Crippen molar-refractivity contribution in [3.8, 4) is 22.8 Å². The summed E-state index contributed by atoms with van der Waals surface area (Å²) in [6.45, 7) is 3.52. The molecule has 0 radical (unpaired) electrons. The molecule has 2 amide bonds. The number of halogens is 4. The number of alkyl halides is 3. The summed E-state index contributed by atoms with van der Waals surface area (Å²) in [5.74, 6) is -3.19. The van der Waals surface area contributed by atoms with Crippen molar-refractivity contribution in [3.05, 3.63) is 66.1 Å². The molecule has 1 aromatic heterocycles. The summed E-state index contributed by atoms with van der Waals surface area (Å²) in [4.78, 5) is 32.0. The molecule has 206 valence electrons. The summed E-state index contributed by atoms with van der Waals surface area (Å²) in [5.41, 5.74) is 0.700. The normalized spacial score (nSPS) is 14.9. The fourth-order valence-electron chi connectivity index (χ4n) is 3.89. The third kappa shape index (κ3) is 7.21. The van der Waals surface area contributed by atoms with E-state index in [1.807, 2.05) is 4.90 Å². The molecule has 3 N–H and O–H groups in total. The van der Waals surface area contributed by atoms with Crippen molar-refractivity contribution in [1.29, 1.82) is 0 Å². The Balaban J connectivity index is 1.54. The van der Waals surface area contributed by atoms with Crippen LogP contribution >= 0.6 is 0 Å². The number of phenolic OH excluding ortho intramolecular Hbond substituents is 1. The number of aromatic nitrogens is 1. The Morgan fingerprint density at radius 3 is 2.46 bits per heavy atom. The van der Waals surface area contributed by atoms with Gasteiger partial charge >= 0.3 is 6.36 Å². The van der Waals surface area contributed by atoms with Crippen LogP contribution in [0.5, 0.6) is 11.5 Å². The van der Waals surface area contributed by atoms with E-state index >= 15 is 0 Å². The van der Waals surface area contributed by atoms with Crippen molar-refractivity contribution >= 4 is 23.2 Å². The van der Waals surface area contributed by atoms with Gasteiger partial charge in [0, 0.05) is 24.7 Å². The molecular weight excluding hydrogens is 524 g/mol. The van der Waals surface area contributed by atoms with E-state index in [0.717, 1.165) is 24.3 Å². The summed E-state index contributed by atoms with van der Waals surface area (Å²) in [6.07, 6.45) is -3.67. The first kappa shape index (κ1) is 27.8. The molecule has 0 bridgehead atoms. The van der Waals surface area contributed by atoms with E-state index in [-0.39, 0.29) is 16.9 Å². The Hall–Kier alpha value is -4.23. The minimum absolute atomic E-state index is 0.114. The van der Waals surface area contributed by atoms with Crippen LogP contribution in [-0.2, 0) is 9.53 Å². The van der Waals surface area contributed by atoms with Crippen molar-refractivity contribution in [1.82, 2.24) is 9.88 Å². The molecule has 1 aliphatic rings. The lowest BCUT2D eigenvalue weighted by Crippen LogP contribution is -2.47. The topological polar surface area (TPSA) is 113 Å². The number of nitrogens with zero attached hydrogens (tertiary/aromatic N) is 2. The minimum atomic E-state index is -4.97. The smallest absolute Gasteiger partial charge is 0.505 e. The van der Waals surface area contributed by atoms with Crippen LogP contribution in [0.25, 0.3) is 11.3 Å². The molecule has 2 aromatic carbocycles. The highest BCUT2D eigenvalue weighted by molar-refractivity contribution is 6.10. The van der Waals surface area contributed by atoms with E-state index in [4.69, 9.17) is 4.74 Å². The van der Waals surface area contributed by atoms with E-state index in [9.17, 15) is 32.3 Å². The number of rotatable bonds is 7. The summed E-state index contributed by atoms with van der Waals surface area (Å²) in [6, 6.07) is 9.11. The third-order valence-electron chi connectivity index (χ3n) is 5.96. The minimum Gasteiger partial charge on any atom is -0.505 e. The number of pyridine rings is 1. The number of ether oxygens (including phenoxy) is 2. The van der Waals surface area contributed by atoms with Crippen LogP contribution in [-0.4, -0.2) is 65.5 Å². The molecule has 3 aromatic rings. The molecule has 2 heterocycles. The first-order chi connectivity index (χ1) is 18.5. The summed E-state index contributed by atoms with van der Waals surface area (Å²) < 4.78 is 61.3. The molecular formula is C26H24F4N4O5. The van der Waals surface area contributed by atoms with Gasteiger partial charge in [-0.05, 0) is 49.4 Å². The van der Waals surface area contributed by atoms with Gasteiger partial charge in [-0.3, -0.25) is 19.5 Å². The lowest BCUT2D eigenvalue weighted by molar-refractivity contribution is -0.274. The Labute approximate surface area is 220 Å². The van der Waals surface area contributed by atoms with Crippen LogP contribution in [0.3, 0.4) is 0 Å². The van der Waals surface area contributed by atoms with Crippen LogP contribution in [0.1, 0.15) is 17.3 Å². The first-order valence-corrected chi connectivity index (χ1v) is 11.8. The van der Waals surface area contributed by atoms with Crippen molar-refractivity contribution in [3.63, 3.8) is 0 Å². The van der Waals surface area contributed by atoms with Gasteiger partial charge in [-0.2, -0.15) is 0 Å². The van der Waals surface area contributed by atoms with Gasteiger partial charge in [-0.1, -0.05) is 0 Å². The standard InChI is InChI=1S/C26H24F4N4O5/c1-15(34-8-10-38-11-9-34)24(36)33-22-13-18(39-26(28,29)30)4-5-19(22)25(37)32-17-3-6-21(31-14-17)16-2-7-23(35)20(27)12-16/h2-7,12-15,35H,8-11H2,1H3,(H,32,37)(H,33,36). The zero-order valence-corrected chi connectivity index (χ0v) is 20.6. The number of nitrogens with one attached hydrogen (secondary N) is 2. The number of phenols is 1. The summed E-state index contributed by atoms with van der Waals surface area (Å²) in [5, 5.41) is 14.5. The zero-order chi connectivity index (χ0) is 28.2. The fourth-order valence-corrected chi connectivity index (χ4v) is 3.89. The van der Waals surface area contributed by atoms with E-state index in [2.05, 4.69) is 20.4 Å². The molecule has 1 unspecified atom stereocenters. The van der Waals surface area contributed by atoms with Gasteiger partial charge in [-0.25, -0.2) is 4.39 Å². The average molecular weight is 548 g/mol. The van der Waals surface area contributed by atoms with Crippen LogP contribution in [0, 0.1) is 5.82 Å². The Bertz CT molecular complexity index is 1350. The SMILES string of the molecule is CC(C(=O)Nc1cc(OC(F)(F)F)ccc1C(=O)Nc1ccc(-c2ccc(O)c(F)c2)nc1)N1CCOCC1. The van der Waals surface area contributed by atoms with Crippen LogP contribution in [0.2, 0.25) is 0 Å². The molecule has 1 aliphatic heterocycles. The fraction of sp³-hybridized carbons (Fsp3) is 0.269. The molecule has 1 fully saturated rings. The number of hydrogen-bond acceptors (Lipinski definition) is 7. The van der Waals surface area contributed by atoms with Crippen molar-refractivity contribution in [2.24, 2.45) is 0 Å². The highest BCUT2D eigenvalue weighted by atomic mass is 19.4. The van der Waals surface area contributed by atoms with Crippen LogP contribution in [0.15, 0.2) is 54.7 Å². The second-order valence-corrected chi connectivity index (χ2v) is 8.62. The number of morpholine rings is 1. The monoisotopic (exact) mass is 548 g/mol. The number of benzene rings is 2. The lowest BCUT2D eigenvalue weighted by Gasteiger charge is -2.31. The molecule has 4 rings (SSSR count). The maximum absolute atomic E-state index is 13.7. The number of hydrogen-bond donors (Lipinski definition) is 3. The van der Waals surface area contributed by atoms with E-state index in [1.54, 1.807) is 6.92 Å². The highest BCUT2D eigenvalue weighted by Crippen LogP contribution is 2.29. The van der Waals surface area contributed by atoms with Gasteiger partial charge in [0.1, 0.15) is 5.75 Å². The molecule has 0 saturated carbocycles. The maximum atomic E-state index is 13.7. The molecule has 1 atom stereocenters. The zero-order valence-electron chi connectivity index (χ0n) is 20.6. The molecule has 0 aliphatic carbocycles. The van der Waals surface area contributed by atoms with Crippen molar-refractivity contribution in [2.75, 3.05) is 36.9 Å². The molecule has 13 heteroatoms. The average Bonchev–Trinajstić information content (AvgIpc) is 2.90. The Kier molecular flexibility index (Phi) is 8.31. The number of carbonyl (C=O) groups is 2. The second kappa shape index (κ2) is 11.7. The van der Waals surface area contributed by atoms with Gasteiger partial charge < -0.3 is 25.2 Å². The third-order valence-corrected chi connectivity index (χ3v) is 5.96. The number of amides is 2. The summed E-state index contributed by atoms with van der Waals surface area (Å²) >= 11 is 0. The van der Waals surface area contributed by atoms with Gasteiger partial charge in [-0.15, -0.1) is 13.2 Å². The lowest BCUT2D eigenvalue weighted by atomic mass is 10.1. The van der Waals surface area contributed by atoms with Gasteiger partial charge in [0.25, 0.3) is 5.91 Å². The van der Waals surface area contributed by atoms with Crippen molar-refractivity contribution in [2.45, 2.75) is 19.3 Å². The Morgan fingerprint density at radius 2 is 1.82 bits per heavy atom. The van der Waals surface area contributed by atoms with Crippen molar-refractivity contribution < 1.29 is 41.7 Å². The summed E-state index contributed by atoms with van der Waals surface area (Å²) in [7, 11) is 0. The highest BCUT2D eigenvalue weighted by Gasteiger charge is 2.32. The molecule has 39 heavy (non-hydrogen) atoms. The van der Waals surface area contributed by atoms with E-state index in [0.29, 0.717) is 37.6 Å². The molecule has 9 nitrogen and oxygen atoms in total. The van der Waals surface area contributed by atoms with Crippen LogP contribution in [0.4, 0.5) is 28.9 Å². The van der Waals surface area contributed by atoms with E-state index in [1.165, 1.54) is 30.5 Å². The maximum Gasteiger partial charge on any atom is 0.573 e. The van der Waals surface area contributed by atoms with Gasteiger partial charge in [0.05, 0.1) is 48.1 Å². The predicted molar refractivity (Wildman–Crippen MR) is 133 cm³/mol. The number of carbonyl (C=O) groups excluding carboxylic acids is 2. The van der Waals surface area contributed by atoms with Gasteiger partial charge in [0.2, 0.25) is 5.91 Å². The first-order valence-electron chi connectivity index (χ1n) is 11.8. The largest absolute Gasteiger partial charge is 0.573 e. The molecule has 1 saturated heterocycles. The Morgan fingerprint density at radius 1 is 1.08 bits per heavy atom. The number of aromatic hydroxyl groups is 1. The predicted octanol–water partition coefficient (Wildman–Crippen LogP) is 4.40. The molecule has 0 spiro atoms. The second-order valence-electron chi connectivity index (χ2n) is 8.62. The van der Waals surface area contributed by atoms with E-state index < -0.39 is 41.5 Å².